The monoisotopic (exact) mass is 391 g/mol. The molecule has 1 heterocycles. The molecule has 0 aliphatic carbocycles. The lowest BCUT2D eigenvalue weighted by molar-refractivity contribution is -0.136. The number of hydrogen-bond donors (Lipinski definition) is 1. The Labute approximate surface area is 168 Å². The van der Waals surface area contributed by atoms with Crippen molar-refractivity contribution in [2.24, 2.45) is 0 Å². The van der Waals surface area contributed by atoms with Crippen LogP contribution in [-0.2, 0) is 16.9 Å². The summed E-state index contributed by atoms with van der Waals surface area (Å²) in [4.78, 5) is 27.5. The highest BCUT2D eigenvalue weighted by atomic mass is 35.5. The van der Waals surface area contributed by atoms with Gasteiger partial charge in [-0.3, -0.25) is 9.59 Å². The lowest BCUT2D eigenvalue weighted by Gasteiger charge is -2.23. The van der Waals surface area contributed by atoms with Crippen molar-refractivity contribution in [2.45, 2.75) is 18.6 Å². The highest BCUT2D eigenvalue weighted by molar-refractivity contribution is 6.30. The molecule has 0 fully saturated rings. The van der Waals surface area contributed by atoms with Gasteiger partial charge in [0.1, 0.15) is 0 Å². The van der Waals surface area contributed by atoms with Crippen LogP contribution in [0.15, 0.2) is 78.9 Å². The Morgan fingerprint density at radius 2 is 1.68 bits per heavy atom. The number of hydrogen-bond acceptors (Lipinski definition) is 3. The first-order valence-corrected chi connectivity index (χ1v) is 9.33. The molecule has 0 spiro atoms. The van der Waals surface area contributed by atoms with Crippen LogP contribution in [-0.4, -0.2) is 16.8 Å². The van der Waals surface area contributed by atoms with E-state index in [1.807, 2.05) is 24.3 Å². The van der Waals surface area contributed by atoms with Gasteiger partial charge in [-0.05, 0) is 23.8 Å². The fourth-order valence-electron chi connectivity index (χ4n) is 3.61. The Kier molecular flexibility index (Phi) is 4.75. The average molecular weight is 392 g/mol. The number of rotatable bonds is 5. The highest BCUT2D eigenvalue weighted by Crippen LogP contribution is 2.43. The van der Waals surface area contributed by atoms with Gasteiger partial charge in [0.25, 0.3) is 5.91 Å². The van der Waals surface area contributed by atoms with E-state index in [0.29, 0.717) is 21.8 Å². The number of carbonyl (C=O) groups excluding carboxylic acids is 2. The van der Waals surface area contributed by atoms with Crippen LogP contribution in [0.2, 0.25) is 5.02 Å². The molecule has 3 aromatic carbocycles. The molecular weight excluding hydrogens is 374 g/mol. The standard InChI is InChI=1S/C23H18ClNO3/c24-18-10-6-7-16(13-18)15-25-20-12-5-4-11-19(20)23(28,22(25)27)14-21(26)17-8-2-1-3-9-17/h1-13,28H,14-15H2/t23-/m0/s1. The van der Waals surface area contributed by atoms with Crippen LogP contribution >= 0.6 is 11.6 Å². The Balaban J connectivity index is 1.69. The van der Waals surface area contributed by atoms with E-state index in [1.165, 1.54) is 4.90 Å². The molecule has 1 aliphatic heterocycles. The van der Waals surface area contributed by atoms with E-state index in [1.54, 1.807) is 54.6 Å². The highest BCUT2D eigenvalue weighted by Gasteiger charge is 2.50. The fourth-order valence-corrected chi connectivity index (χ4v) is 3.82. The number of para-hydroxylation sites is 1. The van der Waals surface area contributed by atoms with Gasteiger partial charge in [0.15, 0.2) is 11.4 Å². The first kappa shape index (κ1) is 18.4. The van der Waals surface area contributed by atoms with Crippen molar-refractivity contribution in [2.75, 3.05) is 4.90 Å². The van der Waals surface area contributed by atoms with E-state index in [2.05, 4.69) is 0 Å². The van der Waals surface area contributed by atoms with Gasteiger partial charge >= 0.3 is 0 Å². The van der Waals surface area contributed by atoms with Gasteiger partial charge in [0.05, 0.1) is 18.7 Å². The lowest BCUT2D eigenvalue weighted by Crippen LogP contribution is -2.41. The van der Waals surface area contributed by atoms with Crippen LogP contribution in [0.4, 0.5) is 5.69 Å². The first-order chi connectivity index (χ1) is 13.5. The van der Waals surface area contributed by atoms with E-state index >= 15 is 0 Å². The van der Waals surface area contributed by atoms with Crippen LogP contribution < -0.4 is 4.90 Å². The van der Waals surface area contributed by atoms with E-state index in [9.17, 15) is 14.7 Å². The second kappa shape index (κ2) is 7.23. The van der Waals surface area contributed by atoms with Gasteiger partial charge in [0.2, 0.25) is 0 Å². The summed E-state index contributed by atoms with van der Waals surface area (Å²) < 4.78 is 0. The maximum absolute atomic E-state index is 13.2. The van der Waals surface area contributed by atoms with Gasteiger partial charge in [-0.1, -0.05) is 72.3 Å². The number of benzene rings is 3. The second-order valence-corrected chi connectivity index (χ2v) is 7.30. The summed E-state index contributed by atoms with van der Waals surface area (Å²) in [6.45, 7) is 0.262. The zero-order valence-corrected chi connectivity index (χ0v) is 15.8. The number of carbonyl (C=O) groups is 2. The predicted octanol–water partition coefficient (Wildman–Crippen LogP) is 4.35. The summed E-state index contributed by atoms with van der Waals surface area (Å²) in [5, 5.41) is 11.9. The molecule has 0 radical (unpaired) electrons. The number of ketones is 1. The molecule has 1 amide bonds. The molecule has 4 rings (SSSR count). The van der Waals surface area contributed by atoms with Gasteiger partial charge in [-0.15, -0.1) is 0 Å². The topological polar surface area (TPSA) is 57.6 Å². The molecule has 0 bridgehead atoms. The molecule has 0 saturated heterocycles. The Morgan fingerprint density at radius 1 is 0.964 bits per heavy atom. The number of halogens is 1. The van der Waals surface area contributed by atoms with Crippen molar-refractivity contribution in [1.29, 1.82) is 0 Å². The van der Waals surface area contributed by atoms with Crippen LogP contribution in [0.25, 0.3) is 0 Å². The Hall–Kier alpha value is -2.95. The molecule has 1 aliphatic rings. The third kappa shape index (κ3) is 3.21. The van der Waals surface area contributed by atoms with Crippen molar-refractivity contribution in [3.8, 4) is 0 Å². The summed E-state index contributed by atoms with van der Waals surface area (Å²) in [6, 6.07) is 23.0. The van der Waals surface area contributed by atoms with Crippen LogP contribution in [0.1, 0.15) is 27.9 Å². The fraction of sp³-hybridized carbons (Fsp3) is 0.130. The van der Waals surface area contributed by atoms with Crippen LogP contribution in [0.5, 0.6) is 0 Å². The van der Waals surface area contributed by atoms with Crippen molar-refractivity contribution in [1.82, 2.24) is 0 Å². The van der Waals surface area contributed by atoms with Crippen molar-refractivity contribution in [3.63, 3.8) is 0 Å². The number of fused-ring (bicyclic) bond motifs is 1. The molecule has 28 heavy (non-hydrogen) atoms. The molecule has 3 aromatic rings. The molecule has 4 nitrogen and oxygen atoms in total. The average Bonchev–Trinajstić information content (AvgIpc) is 2.91. The number of nitrogens with zero attached hydrogens (tertiary/aromatic N) is 1. The van der Waals surface area contributed by atoms with E-state index in [0.717, 1.165) is 5.56 Å². The zero-order chi connectivity index (χ0) is 19.7. The summed E-state index contributed by atoms with van der Waals surface area (Å²) in [5.41, 5.74) is 0.480. The van der Waals surface area contributed by atoms with E-state index in [-0.39, 0.29) is 18.7 Å². The zero-order valence-electron chi connectivity index (χ0n) is 15.0. The summed E-state index contributed by atoms with van der Waals surface area (Å²) in [6.07, 6.45) is -0.307. The van der Waals surface area contributed by atoms with Gasteiger partial charge in [0, 0.05) is 16.1 Å². The second-order valence-electron chi connectivity index (χ2n) is 6.86. The minimum atomic E-state index is -1.89. The smallest absolute Gasteiger partial charge is 0.264 e. The molecule has 1 atom stereocenters. The first-order valence-electron chi connectivity index (χ1n) is 8.95. The minimum absolute atomic E-state index is 0.262. The lowest BCUT2D eigenvalue weighted by atomic mass is 9.88. The van der Waals surface area contributed by atoms with Crippen molar-refractivity contribution < 1.29 is 14.7 Å². The molecule has 0 saturated carbocycles. The summed E-state index contributed by atoms with van der Waals surface area (Å²) in [5.74, 6) is -0.784. The number of amides is 1. The van der Waals surface area contributed by atoms with Gasteiger partial charge in [-0.2, -0.15) is 0 Å². The maximum atomic E-state index is 13.2. The number of aliphatic hydroxyl groups is 1. The van der Waals surface area contributed by atoms with Gasteiger partial charge < -0.3 is 10.0 Å². The summed E-state index contributed by atoms with van der Waals surface area (Å²) in [7, 11) is 0. The van der Waals surface area contributed by atoms with Crippen molar-refractivity contribution in [3.05, 3.63) is 101 Å². The molecular formula is C23H18ClNO3. The van der Waals surface area contributed by atoms with E-state index < -0.39 is 11.5 Å². The quantitative estimate of drug-likeness (QED) is 0.658. The third-order valence-corrected chi connectivity index (χ3v) is 5.22. The van der Waals surface area contributed by atoms with Gasteiger partial charge in [-0.25, -0.2) is 0 Å². The molecule has 1 N–H and O–H groups in total. The Morgan fingerprint density at radius 3 is 2.43 bits per heavy atom. The molecule has 140 valence electrons. The molecule has 0 unspecified atom stereocenters. The number of anilines is 1. The van der Waals surface area contributed by atoms with Crippen LogP contribution in [0, 0.1) is 0 Å². The summed E-state index contributed by atoms with van der Waals surface area (Å²) >= 11 is 6.06. The van der Waals surface area contributed by atoms with E-state index in [4.69, 9.17) is 11.6 Å². The SMILES string of the molecule is O=C(C[C@@]1(O)C(=O)N(Cc2cccc(Cl)c2)c2ccccc21)c1ccccc1. The van der Waals surface area contributed by atoms with Crippen molar-refractivity contribution >= 4 is 29.0 Å². The normalized spacial score (nSPS) is 18.2. The third-order valence-electron chi connectivity index (χ3n) is 4.98. The molecule has 0 aromatic heterocycles. The largest absolute Gasteiger partial charge is 0.375 e. The molecule has 5 heteroatoms. The Bertz CT molecular complexity index is 1050. The minimum Gasteiger partial charge on any atom is -0.375 e. The predicted molar refractivity (Wildman–Crippen MR) is 108 cm³/mol. The maximum Gasteiger partial charge on any atom is 0.264 e. The van der Waals surface area contributed by atoms with Crippen LogP contribution in [0.3, 0.4) is 0 Å². The number of Topliss-reactive ketones (excluding diaryl/α,β-unsaturated/α-hetero) is 1.